The Morgan fingerprint density at radius 1 is 1.11 bits per heavy atom. The van der Waals surface area contributed by atoms with Crippen molar-refractivity contribution in [2.24, 2.45) is 5.92 Å². The quantitative estimate of drug-likeness (QED) is 0.295. The predicted molar refractivity (Wildman–Crippen MR) is 132 cm³/mol. The normalized spacial score (nSPS) is 13.1. The van der Waals surface area contributed by atoms with Crippen molar-refractivity contribution in [1.29, 1.82) is 0 Å². The van der Waals surface area contributed by atoms with E-state index in [2.05, 4.69) is 20.3 Å². The zero-order valence-electron chi connectivity index (χ0n) is 21.1. The first kappa shape index (κ1) is 29.2. The van der Waals surface area contributed by atoms with Gasteiger partial charge in [-0.15, -0.1) is 0 Å². The summed E-state index contributed by atoms with van der Waals surface area (Å²) in [6.07, 6.45) is -4.22. The smallest absolute Gasteiger partial charge is 0.392 e. The molecule has 2 aromatic heterocycles. The molecule has 0 fully saturated rings. The molecule has 3 N–H and O–H groups in total. The van der Waals surface area contributed by atoms with Crippen molar-refractivity contribution in [2.45, 2.75) is 51.9 Å². The van der Waals surface area contributed by atoms with Crippen LogP contribution in [0, 0.1) is 5.92 Å². The summed E-state index contributed by atoms with van der Waals surface area (Å²) in [6.45, 7) is 4.22. The van der Waals surface area contributed by atoms with E-state index in [9.17, 15) is 31.9 Å². The fourth-order valence-corrected chi connectivity index (χ4v) is 3.66. The summed E-state index contributed by atoms with van der Waals surface area (Å²) in [4.78, 5) is 23.3. The number of nitrogens with one attached hydrogen (secondary N) is 2. The van der Waals surface area contributed by atoms with Crippen LogP contribution < -0.4 is 15.6 Å². The van der Waals surface area contributed by atoms with Crippen LogP contribution in [0.2, 0.25) is 0 Å². The van der Waals surface area contributed by atoms with Crippen molar-refractivity contribution in [3.05, 3.63) is 64.1 Å². The second kappa shape index (κ2) is 12.0. The average molecular weight is 541 g/mol. The molecule has 0 amide bonds. The van der Waals surface area contributed by atoms with Crippen LogP contribution in [0.15, 0.2) is 47.4 Å². The molecule has 1 unspecified atom stereocenters. The van der Waals surface area contributed by atoms with Gasteiger partial charge in [0.25, 0.3) is 11.5 Å². The Bertz CT molecular complexity index is 1270. The number of alkyl halides is 5. The molecule has 0 radical (unpaired) electrons. The lowest BCUT2D eigenvalue weighted by Crippen LogP contribution is -2.36. The van der Waals surface area contributed by atoms with Gasteiger partial charge in [0.2, 0.25) is 5.88 Å². The van der Waals surface area contributed by atoms with Gasteiger partial charge >= 0.3 is 6.18 Å². The van der Waals surface area contributed by atoms with Gasteiger partial charge in [-0.25, -0.2) is 18.7 Å². The number of ether oxygens (including phenoxy) is 1. The van der Waals surface area contributed by atoms with Gasteiger partial charge in [0.1, 0.15) is 5.82 Å². The molecule has 0 saturated carbocycles. The molecular weight excluding hydrogens is 511 g/mol. The monoisotopic (exact) mass is 540 g/mol. The number of aromatic nitrogens is 3. The number of H-pyrrole nitrogens is 1. The van der Waals surface area contributed by atoms with Gasteiger partial charge in [-0.2, -0.15) is 13.2 Å². The van der Waals surface area contributed by atoms with Gasteiger partial charge in [-0.1, -0.05) is 26.0 Å². The van der Waals surface area contributed by atoms with Gasteiger partial charge < -0.3 is 20.1 Å². The minimum atomic E-state index is -4.36. The van der Waals surface area contributed by atoms with E-state index in [1.165, 1.54) is 30.5 Å². The van der Waals surface area contributed by atoms with Gasteiger partial charge in [0, 0.05) is 54.5 Å². The number of nitrogens with zero attached hydrogens (tertiary/aromatic N) is 2. The largest absolute Gasteiger partial charge is 0.477 e. The summed E-state index contributed by atoms with van der Waals surface area (Å²) in [5.41, 5.74) is 0.210. The van der Waals surface area contributed by atoms with Crippen molar-refractivity contribution in [3.8, 4) is 28.5 Å². The molecule has 0 bridgehead atoms. The SMILES string of the molecule is CC(C)C(CO)NCc1ccc(C(C)(F)F)c(-c2nc(-c3ccc(OCCC(F)(F)F)nc3)cc(=O)[nH]2)c1. The number of hydrogen-bond acceptors (Lipinski definition) is 6. The molecule has 0 spiro atoms. The van der Waals surface area contributed by atoms with Crippen LogP contribution in [0.1, 0.15) is 38.3 Å². The van der Waals surface area contributed by atoms with E-state index in [0.29, 0.717) is 11.1 Å². The molecule has 3 rings (SSSR count). The third-order valence-corrected chi connectivity index (χ3v) is 5.79. The third kappa shape index (κ3) is 8.06. The number of hydrogen-bond donors (Lipinski definition) is 3. The zero-order valence-corrected chi connectivity index (χ0v) is 21.1. The fraction of sp³-hybridized carbons (Fsp3) is 0.423. The predicted octanol–water partition coefficient (Wildman–Crippen LogP) is 5.05. The highest BCUT2D eigenvalue weighted by atomic mass is 19.4. The van der Waals surface area contributed by atoms with Crippen molar-refractivity contribution >= 4 is 0 Å². The van der Waals surface area contributed by atoms with Crippen LogP contribution in [0.4, 0.5) is 22.0 Å². The van der Waals surface area contributed by atoms with Gasteiger partial charge in [-0.3, -0.25) is 4.79 Å². The minimum absolute atomic E-state index is 0.0286. The highest BCUT2D eigenvalue weighted by Crippen LogP contribution is 2.35. The standard InChI is InChI=1S/C26H29F5N4O3/c1-15(2)21(14-36)32-12-16-4-6-19(25(3,27)28)18(10-16)24-34-20(11-22(37)35-24)17-5-7-23(33-13-17)38-9-8-26(29,30)31/h4-7,10-11,13,15,21,32,36H,8-9,12,14H2,1-3H3,(H,34,35,37). The van der Waals surface area contributed by atoms with E-state index in [0.717, 1.165) is 13.0 Å². The van der Waals surface area contributed by atoms with Crippen molar-refractivity contribution in [1.82, 2.24) is 20.3 Å². The second-order valence-corrected chi connectivity index (χ2v) is 9.26. The second-order valence-electron chi connectivity index (χ2n) is 9.26. The Labute approximate surface area is 216 Å². The summed E-state index contributed by atoms with van der Waals surface area (Å²) in [5.74, 6) is -3.22. The van der Waals surface area contributed by atoms with Crippen LogP contribution in [0.3, 0.4) is 0 Å². The van der Waals surface area contributed by atoms with E-state index in [4.69, 9.17) is 4.74 Å². The average Bonchev–Trinajstić information content (AvgIpc) is 2.83. The maximum absolute atomic E-state index is 14.5. The van der Waals surface area contributed by atoms with Gasteiger partial charge in [0.15, 0.2) is 0 Å². The molecule has 38 heavy (non-hydrogen) atoms. The Morgan fingerprint density at radius 2 is 1.84 bits per heavy atom. The molecule has 2 heterocycles. The Hall–Kier alpha value is -3.38. The van der Waals surface area contributed by atoms with E-state index in [1.54, 1.807) is 6.07 Å². The Morgan fingerprint density at radius 3 is 2.42 bits per heavy atom. The van der Waals surface area contributed by atoms with Gasteiger partial charge in [-0.05, 0) is 23.6 Å². The highest BCUT2D eigenvalue weighted by Gasteiger charge is 2.29. The van der Waals surface area contributed by atoms with E-state index >= 15 is 0 Å². The summed E-state index contributed by atoms with van der Waals surface area (Å²) in [7, 11) is 0. The van der Waals surface area contributed by atoms with E-state index in [-0.39, 0.29) is 53.6 Å². The lowest BCUT2D eigenvalue weighted by atomic mass is 9.98. The number of aliphatic hydroxyl groups is 1. The fourth-order valence-electron chi connectivity index (χ4n) is 3.66. The number of aromatic amines is 1. The first-order chi connectivity index (χ1) is 17.8. The number of benzene rings is 1. The van der Waals surface area contributed by atoms with Crippen molar-refractivity contribution < 1.29 is 31.8 Å². The van der Waals surface area contributed by atoms with Crippen LogP contribution in [0.25, 0.3) is 22.6 Å². The first-order valence-corrected chi connectivity index (χ1v) is 11.9. The van der Waals surface area contributed by atoms with Crippen LogP contribution in [-0.4, -0.2) is 45.5 Å². The Kier molecular flexibility index (Phi) is 9.21. The molecule has 0 aliphatic carbocycles. The Balaban J connectivity index is 1.93. The molecule has 3 aromatic rings. The molecular formula is C26H29F5N4O3. The van der Waals surface area contributed by atoms with Crippen LogP contribution in [-0.2, 0) is 12.5 Å². The van der Waals surface area contributed by atoms with Crippen molar-refractivity contribution in [3.63, 3.8) is 0 Å². The van der Waals surface area contributed by atoms with Crippen molar-refractivity contribution in [2.75, 3.05) is 13.2 Å². The molecule has 12 heteroatoms. The topological polar surface area (TPSA) is 100 Å². The molecule has 0 saturated heterocycles. The molecule has 0 aliphatic heterocycles. The van der Waals surface area contributed by atoms with E-state index in [1.807, 2.05) is 13.8 Å². The number of halogens is 5. The lowest BCUT2D eigenvalue weighted by Gasteiger charge is -2.21. The molecule has 7 nitrogen and oxygen atoms in total. The highest BCUT2D eigenvalue weighted by molar-refractivity contribution is 5.66. The first-order valence-electron chi connectivity index (χ1n) is 11.9. The maximum atomic E-state index is 14.5. The summed E-state index contributed by atoms with van der Waals surface area (Å²) in [6, 6.07) is 8.08. The summed E-state index contributed by atoms with van der Waals surface area (Å²) in [5, 5.41) is 12.7. The summed E-state index contributed by atoms with van der Waals surface area (Å²) < 4.78 is 70.9. The molecule has 206 valence electrons. The minimum Gasteiger partial charge on any atom is -0.477 e. The third-order valence-electron chi connectivity index (χ3n) is 5.79. The van der Waals surface area contributed by atoms with E-state index < -0.39 is 30.7 Å². The summed E-state index contributed by atoms with van der Waals surface area (Å²) >= 11 is 0. The number of rotatable bonds is 11. The maximum Gasteiger partial charge on any atom is 0.392 e. The lowest BCUT2D eigenvalue weighted by molar-refractivity contribution is -0.139. The number of pyridine rings is 1. The van der Waals surface area contributed by atoms with Crippen LogP contribution in [0.5, 0.6) is 5.88 Å². The van der Waals surface area contributed by atoms with Gasteiger partial charge in [0.05, 0.1) is 25.3 Å². The molecule has 0 aliphatic rings. The molecule has 1 atom stereocenters. The van der Waals surface area contributed by atoms with Crippen LogP contribution >= 0.6 is 0 Å². The molecule has 1 aromatic carbocycles. The zero-order chi connectivity index (χ0) is 28.1. The number of aliphatic hydroxyl groups excluding tert-OH is 1.